The van der Waals surface area contributed by atoms with Crippen LogP contribution in [0.15, 0.2) is 53.6 Å². The summed E-state index contributed by atoms with van der Waals surface area (Å²) >= 11 is 0. The van der Waals surface area contributed by atoms with Crippen LogP contribution in [-0.2, 0) is 18.7 Å². The fourth-order valence-electron chi connectivity index (χ4n) is 4.67. The minimum Gasteiger partial charge on any atom is -0.384 e. The number of pyridine rings is 2. The van der Waals surface area contributed by atoms with Crippen LogP contribution in [0, 0.1) is 5.92 Å². The van der Waals surface area contributed by atoms with Crippen molar-refractivity contribution in [2.45, 2.75) is 45.4 Å². The van der Waals surface area contributed by atoms with E-state index < -0.39 is 5.60 Å². The molecule has 202 valence electrons. The molecule has 11 heteroatoms. The molecule has 0 atom stereocenters. The number of nitrogens with one attached hydrogen (secondary N) is 1. The van der Waals surface area contributed by atoms with Crippen molar-refractivity contribution >= 4 is 33.8 Å². The van der Waals surface area contributed by atoms with Crippen LogP contribution in [0.1, 0.15) is 32.4 Å². The summed E-state index contributed by atoms with van der Waals surface area (Å²) in [5.41, 5.74) is 1.61. The number of hydrogen-bond donors (Lipinski definition) is 2. The molecule has 5 aromatic rings. The quantitative estimate of drug-likeness (QED) is 0.300. The Kier molecular flexibility index (Phi) is 6.19. The van der Waals surface area contributed by atoms with E-state index in [1.165, 1.54) is 0 Å². The maximum atomic E-state index is 13.4. The largest absolute Gasteiger partial charge is 0.384 e. The second-order valence-electron chi connectivity index (χ2n) is 11.1. The molecule has 0 spiro atoms. The maximum absolute atomic E-state index is 13.4. The second kappa shape index (κ2) is 9.58. The average molecular weight is 528 g/mol. The Morgan fingerprint density at radius 2 is 1.92 bits per heavy atom. The average Bonchev–Trinajstić information content (AvgIpc) is 3.57. The van der Waals surface area contributed by atoms with Gasteiger partial charge in [-0.25, -0.2) is 24.3 Å². The lowest BCUT2D eigenvalue weighted by Gasteiger charge is -2.18. The third-order valence-electron chi connectivity index (χ3n) is 7.03. The summed E-state index contributed by atoms with van der Waals surface area (Å²) in [5, 5.41) is 14.2. The van der Waals surface area contributed by atoms with Gasteiger partial charge >= 0.3 is 0 Å². The van der Waals surface area contributed by atoms with E-state index in [0.29, 0.717) is 46.8 Å². The molecule has 0 amide bonds. The molecule has 1 saturated carbocycles. The van der Waals surface area contributed by atoms with Gasteiger partial charge in [0.1, 0.15) is 16.8 Å². The van der Waals surface area contributed by atoms with Crippen molar-refractivity contribution in [2.75, 3.05) is 26.0 Å². The van der Waals surface area contributed by atoms with Gasteiger partial charge in [-0.05, 0) is 77.0 Å². The first-order valence-corrected chi connectivity index (χ1v) is 13.2. The minimum atomic E-state index is -1.13. The van der Waals surface area contributed by atoms with E-state index in [-0.39, 0.29) is 5.56 Å². The fourth-order valence-corrected chi connectivity index (χ4v) is 4.67. The number of aliphatic hydroxyl groups is 1. The van der Waals surface area contributed by atoms with E-state index >= 15 is 0 Å². The first kappa shape index (κ1) is 25.2. The van der Waals surface area contributed by atoms with E-state index in [1.54, 1.807) is 35.5 Å². The van der Waals surface area contributed by atoms with Gasteiger partial charge in [-0.1, -0.05) is 6.07 Å². The molecule has 2 N–H and O–H groups in total. The van der Waals surface area contributed by atoms with Gasteiger partial charge in [-0.2, -0.15) is 4.98 Å². The molecule has 0 aliphatic heterocycles. The van der Waals surface area contributed by atoms with E-state index in [0.717, 1.165) is 37.0 Å². The van der Waals surface area contributed by atoms with Crippen molar-refractivity contribution in [1.82, 2.24) is 38.8 Å². The third-order valence-corrected chi connectivity index (χ3v) is 7.03. The molecule has 1 aliphatic rings. The monoisotopic (exact) mass is 527 g/mol. The Morgan fingerprint density at radius 3 is 2.67 bits per heavy atom. The zero-order valence-corrected chi connectivity index (χ0v) is 22.7. The van der Waals surface area contributed by atoms with Crippen molar-refractivity contribution in [3.8, 4) is 5.82 Å². The van der Waals surface area contributed by atoms with E-state index in [2.05, 4.69) is 33.9 Å². The van der Waals surface area contributed by atoms with Gasteiger partial charge < -0.3 is 19.9 Å². The standard InChI is InChI=1S/C28H33N9O2/c1-28(2,39)22-6-5-7-24(31-22)37-25-19(26(38)36(37)17-18-8-9-18)16-29-27(33-25)32-23-11-10-21-20(30-23)12-13-35(21)15-14-34(3)4/h5-7,10-13,16,18,39H,8-9,14-15,17H2,1-4H3,(H,29,30,32,33). The lowest BCUT2D eigenvalue weighted by molar-refractivity contribution is 0.0738. The number of likely N-dealkylation sites (N-methyl/N-ethyl adjacent to an activating group) is 1. The molecule has 0 radical (unpaired) electrons. The van der Waals surface area contributed by atoms with E-state index in [1.807, 2.05) is 36.5 Å². The van der Waals surface area contributed by atoms with Crippen molar-refractivity contribution in [3.63, 3.8) is 0 Å². The van der Waals surface area contributed by atoms with Gasteiger partial charge in [0.2, 0.25) is 5.95 Å². The van der Waals surface area contributed by atoms with Gasteiger partial charge in [0, 0.05) is 32.0 Å². The fraction of sp³-hybridized carbons (Fsp3) is 0.393. The van der Waals surface area contributed by atoms with Crippen LogP contribution in [0.5, 0.6) is 0 Å². The Morgan fingerprint density at radius 1 is 1.10 bits per heavy atom. The van der Waals surface area contributed by atoms with Gasteiger partial charge in [-0.15, -0.1) is 0 Å². The number of rotatable bonds is 9. The summed E-state index contributed by atoms with van der Waals surface area (Å²) in [7, 11) is 4.12. The molecule has 0 unspecified atom stereocenters. The lowest BCUT2D eigenvalue weighted by atomic mass is 10.1. The highest BCUT2D eigenvalue weighted by molar-refractivity contribution is 5.79. The molecule has 0 saturated heterocycles. The van der Waals surface area contributed by atoms with Crippen LogP contribution in [-0.4, -0.2) is 64.5 Å². The third kappa shape index (κ3) is 5.02. The molecular formula is C28H33N9O2. The summed E-state index contributed by atoms with van der Waals surface area (Å²) in [6.45, 7) is 5.77. The molecule has 1 fully saturated rings. The highest BCUT2D eigenvalue weighted by Gasteiger charge is 2.27. The lowest BCUT2D eigenvalue weighted by Crippen LogP contribution is -2.25. The summed E-state index contributed by atoms with van der Waals surface area (Å²) in [4.78, 5) is 34.2. The highest BCUT2D eigenvalue weighted by atomic mass is 16.3. The normalized spacial score (nSPS) is 14.1. The Balaban J connectivity index is 1.39. The van der Waals surface area contributed by atoms with Gasteiger partial charge in [0.15, 0.2) is 11.5 Å². The van der Waals surface area contributed by atoms with Crippen LogP contribution in [0.4, 0.5) is 11.8 Å². The number of hydrogen-bond acceptors (Lipinski definition) is 8. The summed E-state index contributed by atoms with van der Waals surface area (Å²) in [5.74, 6) is 1.92. The number of aromatic nitrogens is 7. The van der Waals surface area contributed by atoms with Crippen molar-refractivity contribution < 1.29 is 5.11 Å². The SMILES string of the molecule is CN(C)CCn1ccc2nc(Nc3ncc4c(=O)n(CC5CC5)n(-c5cccc(C(C)(C)O)n5)c4n3)ccc21. The van der Waals surface area contributed by atoms with E-state index in [9.17, 15) is 9.90 Å². The predicted molar refractivity (Wildman–Crippen MR) is 150 cm³/mol. The van der Waals surface area contributed by atoms with Crippen molar-refractivity contribution in [2.24, 2.45) is 5.92 Å². The zero-order chi connectivity index (χ0) is 27.3. The molecule has 5 heterocycles. The number of anilines is 2. The summed E-state index contributed by atoms with van der Waals surface area (Å²) in [6, 6.07) is 11.4. The molecule has 0 aromatic carbocycles. The van der Waals surface area contributed by atoms with Crippen LogP contribution < -0.4 is 10.9 Å². The van der Waals surface area contributed by atoms with Gasteiger partial charge in [0.25, 0.3) is 5.56 Å². The first-order valence-electron chi connectivity index (χ1n) is 13.2. The van der Waals surface area contributed by atoms with E-state index in [4.69, 9.17) is 15.0 Å². The number of nitrogens with zero attached hydrogens (tertiary/aromatic N) is 8. The Hall–Kier alpha value is -4.09. The minimum absolute atomic E-state index is 0.155. The molecule has 6 rings (SSSR count). The summed E-state index contributed by atoms with van der Waals surface area (Å²) < 4.78 is 5.63. The smallest absolute Gasteiger partial charge is 0.278 e. The van der Waals surface area contributed by atoms with Gasteiger partial charge in [0.05, 0.1) is 16.7 Å². The molecule has 39 heavy (non-hydrogen) atoms. The predicted octanol–water partition coefficient (Wildman–Crippen LogP) is 3.27. The van der Waals surface area contributed by atoms with Crippen LogP contribution >= 0.6 is 0 Å². The molecule has 0 bridgehead atoms. The van der Waals surface area contributed by atoms with Crippen LogP contribution in [0.2, 0.25) is 0 Å². The van der Waals surface area contributed by atoms with Crippen LogP contribution in [0.25, 0.3) is 27.9 Å². The first-order chi connectivity index (χ1) is 18.7. The molecule has 1 aliphatic carbocycles. The topological polar surface area (TPSA) is 119 Å². The number of fused-ring (bicyclic) bond motifs is 2. The Bertz CT molecular complexity index is 1720. The second-order valence-corrected chi connectivity index (χ2v) is 11.1. The zero-order valence-electron chi connectivity index (χ0n) is 22.7. The molecule has 5 aromatic heterocycles. The highest BCUT2D eigenvalue weighted by Crippen LogP contribution is 2.31. The van der Waals surface area contributed by atoms with Crippen LogP contribution in [0.3, 0.4) is 0 Å². The maximum Gasteiger partial charge on any atom is 0.278 e. The molecule has 11 nitrogen and oxygen atoms in total. The Labute approximate surface area is 225 Å². The molecular weight excluding hydrogens is 494 g/mol. The summed E-state index contributed by atoms with van der Waals surface area (Å²) in [6.07, 6.45) is 5.79. The van der Waals surface area contributed by atoms with Gasteiger partial charge in [-0.3, -0.25) is 4.79 Å². The van der Waals surface area contributed by atoms with Crippen molar-refractivity contribution in [1.29, 1.82) is 0 Å². The van der Waals surface area contributed by atoms with Crippen molar-refractivity contribution in [3.05, 3.63) is 64.8 Å².